The molecular formula is C21H34IN5O2. The number of nitrogens with zero attached hydrogens (tertiary/aromatic N) is 2. The van der Waals surface area contributed by atoms with Crippen LogP contribution in [-0.4, -0.2) is 62.4 Å². The van der Waals surface area contributed by atoms with E-state index in [1.54, 1.807) is 20.2 Å². The van der Waals surface area contributed by atoms with Crippen molar-refractivity contribution in [2.75, 3.05) is 33.7 Å². The van der Waals surface area contributed by atoms with Crippen LogP contribution >= 0.6 is 24.0 Å². The third kappa shape index (κ3) is 8.20. The molecule has 7 nitrogen and oxygen atoms in total. The first-order valence-corrected chi connectivity index (χ1v) is 10.1. The quantitative estimate of drug-likeness (QED) is 0.295. The van der Waals surface area contributed by atoms with Gasteiger partial charge in [-0.2, -0.15) is 0 Å². The zero-order chi connectivity index (χ0) is 20.4. The van der Waals surface area contributed by atoms with E-state index in [9.17, 15) is 9.59 Å². The van der Waals surface area contributed by atoms with Gasteiger partial charge in [-0.3, -0.25) is 14.6 Å². The highest BCUT2D eigenvalue weighted by Gasteiger charge is 2.22. The Hall–Kier alpha value is -1.84. The van der Waals surface area contributed by atoms with E-state index in [1.807, 2.05) is 23.1 Å². The number of aliphatic imine (C=N–C) groups is 1. The molecule has 0 spiro atoms. The molecule has 0 aromatic heterocycles. The SMILES string of the molecule is CN=C(NCCC(=O)N1CCCCC1C)NCCc1cccc(C(=O)NC)c1.I. The molecule has 2 amide bonds. The second-order valence-corrected chi connectivity index (χ2v) is 7.14. The third-order valence-electron chi connectivity index (χ3n) is 5.10. The first kappa shape index (κ1) is 25.2. The summed E-state index contributed by atoms with van der Waals surface area (Å²) < 4.78 is 0. The molecule has 8 heteroatoms. The van der Waals surface area contributed by atoms with Gasteiger partial charge < -0.3 is 20.9 Å². The molecule has 1 fully saturated rings. The number of guanidine groups is 1. The monoisotopic (exact) mass is 515 g/mol. The van der Waals surface area contributed by atoms with Gasteiger partial charge in [0.15, 0.2) is 5.96 Å². The number of likely N-dealkylation sites (tertiary alicyclic amines) is 1. The predicted octanol–water partition coefficient (Wildman–Crippen LogP) is 2.16. The molecule has 1 heterocycles. The summed E-state index contributed by atoms with van der Waals surface area (Å²) in [6, 6.07) is 7.94. The molecule has 0 bridgehead atoms. The number of piperidine rings is 1. The Morgan fingerprint density at radius 3 is 2.66 bits per heavy atom. The van der Waals surface area contributed by atoms with Gasteiger partial charge in [0.05, 0.1) is 0 Å². The van der Waals surface area contributed by atoms with E-state index in [0.717, 1.165) is 31.4 Å². The number of hydrogen-bond donors (Lipinski definition) is 3. The molecular weight excluding hydrogens is 481 g/mol. The fourth-order valence-electron chi connectivity index (χ4n) is 3.46. The molecule has 1 unspecified atom stereocenters. The van der Waals surface area contributed by atoms with Gasteiger partial charge in [0, 0.05) is 51.8 Å². The summed E-state index contributed by atoms with van der Waals surface area (Å²) in [5.74, 6) is 0.808. The van der Waals surface area contributed by atoms with Crippen molar-refractivity contribution in [1.82, 2.24) is 20.9 Å². The Morgan fingerprint density at radius 1 is 1.21 bits per heavy atom. The lowest BCUT2D eigenvalue weighted by molar-refractivity contribution is -0.134. The Balaban J connectivity index is 0.00000420. The summed E-state index contributed by atoms with van der Waals surface area (Å²) in [4.78, 5) is 30.3. The van der Waals surface area contributed by atoms with Crippen molar-refractivity contribution in [2.45, 2.75) is 45.1 Å². The van der Waals surface area contributed by atoms with Crippen LogP contribution in [0.15, 0.2) is 29.3 Å². The maximum absolute atomic E-state index is 12.4. The molecule has 1 aliphatic rings. The molecule has 0 aliphatic carbocycles. The Morgan fingerprint density at radius 2 is 1.97 bits per heavy atom. The Labute approximate surface area is 191 Å². The fraction of sp³-hybridized carbons (Fsp3) is 0.571. The second kappa shape index (κ2) is 13.4. The van der Waals surface area contributed by atoms with E-state index in [2.05, 4.69) is 27.9 Å². The number of carbonyl (C=O) groups is 2. The zero-order valence-corrected chi connectivity index (χ0v) is 20.0. The Bertz CT molecular complexity index is 695. The summed E-state index contributed by atoms with van der Waals surface area (Å²) in [6.07, 6.45) is 4.66. The molecule has 162 valence electrons. The maximum Gasteiger partial charge on any atom is 0.251 e. The number of carbonyl (C=O) groups excluding carboxylic acids is 2. The first-order chi connectivity index (χ1) is 13.5. The van der Waals surface area contributed by atoms with E-state index < -0.39 is 0 Å². The molecule has 2 rings (SSSR count). The molecule has 1 aromatic rings. The van der Waals surface area contributed by atoms with Crippen LogP contribution in [-0.2, 0) is 11.2 Å². The number of hydrogen-bond acceptors (Lipinski definition) is 3. The highest BCUT2D eigenvalue weighted by molar-refractivity contribution is 14.0. The van der Waals surface area contributed by atoms with Crippen molar-refractivity contribution in [3.63, 3.8) is 0 Å². The van der Waals surface area contributed by atoms with Crippen molar-refractivity contribution in [2.24, 2.45) is 4.99 Å². The fourth-order valence-corrected chi connectivity index (χ4v) is 3.46. The van der Waals surface area contributed by atoms with Crippen LogP contribution in [0.1, 0.15) is 48.5 Å². The van der Waals surface area contributed by atoms with E-state index >= 15 is 0 Å². The maximum atomic E-state index is 12.4. The van der Waals surface area contributed by atoms with Gasteiger partial charge >= 0.3 is 0 Å². The van der Waals surface area contributed by atoms with E-state index in [0.29, 0.717) is 37.1 Å². The van der Waals surface area contributed by atoms with Crippen LogP contribution in [0.3, 0.4) is 0 Å². The van der Waals surface area contributed by atoms with Crippen molar-refractivity contribution < 1.29 is 9.59 Å². The van der Waals surface area contributed by atoms with Crippen LogP contribution < -0.4 is 16.0 Å². The lowest BCUT2D eigenvalue weighted by atomic mass is 10.0. The van der Waals surface area contributed by atoms with Gasteiger partial charge in [-0.05, 0) is 50.3 Å². The highest BCUT2D eigenvalue weighted by atomic mass is 127. The van der Waals surface area contributed by atoms with Crippen molar-refractivity contribution in [1.29, 1.82) is 0 Å². The minimum absolute atomic E-state index is 0. The second-order valence-electron chi connectivity index (χ2n) is 7.14. The van der Waals surface area contributed by atoms with E-state index in [-0.39, 0.29) is 35.8 Å². The largest absolute Gasteiger partial charge is 0.356 e. The molecule has 1 aromatic carbocycles. The van der Waals surface area contributed by atoms with Crippen LogP contribution in [0.5, 0.6) is 0 Å². The van der Waals surface area contributed by atoms with E-state index in [4.69, 9.17) is 0 Å². The van der Waals surface area contributed by atoms with Gasteiger partial charge in [-0.15, -0.1) is 24.0 Å². The van der Waals surface area contributed by atoms with Crippen molar-refractivity contribution in [3.05, 3.63) is 35.4 Å². The summed E-state index contributed by atoms with van der Waals surface area (Å²) in [6.45, 7) is 4.26. The number of amides is 2. The van der Waals surface area contributed by atoms with Crippen molar-refractivity contribution >= 4 is 41.8 Å². The molecule has 29 heavy (non-hydrogen) atoms. The number of halogens is 1. The first-order valence-electron chi connectivity index (χ1n) is 10.1. The molecule has 1 saturated heterocycles. The van der Waals surface area contributed by atoms with Gasteiger partial charge in [-0.1, -0.05) is 12.1 Å². The molecule has 1 aliphatic heterocycles. The summed E-state index contributed by atoms with van der Waals surface area (Å²) in [7, 11) is 3.35. The molecule has 3 N–H and O–H groups in total. The summed E-state index contributed by atoms with van der Waals surface area (Å²) in [5.41, 5.74) is 1.74. The predicted molar refractivity (Wildman–Crippen MR) is 128 cm³/mol. The average Bonchev–Trinajstić information content (AvgIpc) is 2.72. The molecule has 0 saturated carbocycles. The standard InChI is InChI=1S/C21H33N5O2.HI/c1-16-7-4-5-14-26(16)19(27)11-13-25-21(23-3)24-12-10-17-8-6-9-18(15-17)20(28)22-2;/h6,8-9,15-16H,4-5,7,10-14H2,1-3H3,(H,22,28)(H2,23,24,25);1H. The minimum Gasteiger partial charge on any atom is -0.356 e. The van der Waals surface area contributed by atoms with Gasteiger partial charge in [0.1, 0.15) is 0 Å². The number of rotatable bonds is 7. The molecule has 0 radical (unpaired) electrons. The van der Waals surface area contributed by atoms with Crippen molar-refractivity contribution in [3.8, 4) is 0 Å². The third-order valence-corrected chi connectivity index (χ3v) is 5.10. The van der Waals surface area contributed by atoms with Crippen LogP contribution in [0.25, 0.3) is 0 Å². The molecule has 1 atom stereocenters. The van der Waals surface area contributed by atoms with Gasteiger partial charge in [-0.25, -0.2) is 0 Å². The average molecular weight is 515 g/mol. The normalized spacial score (nSPS) is 16.6. The lowest BCUT2D eigenvalue weighted by Crippen LogP contribution is -2.44. The van der Waals surface area contributed by atoms with E-state index in [1.165, 1.54) is 6.42 Å². The van der Waals surface area contributed by atoms with Crippen LogP contribution in [0.2, 0.25) is 0 Å². The Kier molecular flexibility index (Phi) is 11.6. The summed E-state index contributed by atoms with van der Waals surface area (Å²) >= 11 is 0. The lowest BCUT2D eigenvalue weighted by Gasteiger charge is -2.33. The smallest absolute Gasteiger partial charge is 0.251 e. The van der Waals surface area contributed by atoms with Gasteiger partial charge in [0.2, 0.25) is 5.91 Å². The van der Waals surface area contributed by atoms with Crippen LogP contribution in [0, 0.1) is 0 Å². The van der Waals surface area contributed by atoms with Crippen LogP contribution in [0.4, 0.5) is 0 Å². The zero-order valence-electron chi connectivity index (χ0n) is 17.7. The highest BCUT2D eigenvalue weighted by Crippen LogP contribution is 2.16. The minimum atomic E-state index is -0.0834. The topological polar surface area (TPSA) is 85.8 Å². The number of benzene rings is 1. The van der Waals surface area contributed by atoms with Gasteiger partial charge in [0.25, 0.3) is 5.91 Å². The summed E-state index contributed by atoms with van der Waals surface area (Å²) in [5, 5.41) is 9.10. The number of nitrogens with one attached hydrogen (secondary N) is 3.